The Morgan fingerprint density at radius 2 is 1.83 bits per heavy atom. The van der Waals surface area contributed by atoms with Gasteiger partial charge >= 0.3 is 0 Å². The number of benzene rings is 1. The fourth-order valence-corrected chi connectivity index (χ4v) is 1.05. The van der Waals surface area contributed by atoms with Gasteiger partial charge < -0.3 is 5.32 Å². The molecule has 0 amide bonds. The van der Waals surface area contributed by atoms with E-state index in [0.717, 1.165) is 19.5 Å². The van der Waals surface area contributed by atoms with Crippen molar-refractivity contribution in [3.05, 3.63) is 35.9 Å². The van der Waals surface area contributed by atoms with Gasteiger partial charge in [0.15, 0.2) is 0 Å². The van der Waals surface area contributed by atoms with Crippen LogP contribution in [0.15, 0.2) is 30.3 Å². The van der Waals surface area contributed by atoms with Crippen LogP contribution >= 0.6 is 12.4 Å². The quantitative estimate of drug-likeness (QED) is 0.710. The largest absolute Gasteiger partial charge is 0.317 e. The summed E-state index contributed by atoms with van der Waals surface area (Å²) in [7, 11) is 0. The molecule has 1 N–H and O–H groups in total. The number of halogens is 1. The summed E-state index contributed by atoms with van der Waals surface area (Å²) in [5, 5.41) is 3.30. The van der Waals surface area contributed by atoms with E-state index in [1.165, 1.54) is 5.56 Å². The van der Waals surface area contributed by atoms with Crippen LogP contribution < -0.4 is 5.32 Å². The Balaban J connectivity index is 0.00000121. The third-order valence-corrected chi connectivity index (χ3v) is 1.68. The molecule has 0 aliphatic rings. The maximum absolute atomic E-state index is 3.30. The van der Waals surface area contributed by atoms with Crippen molar-refractivity contribution in [1.29, 1.82) is 0 Å². The van der Waals surface area contributed by atoms with Gasteiger partial charge in [-0.3, -0.25) is 0 Å². The first-order valence-electron chi connectivity index (χ1n) is 4.18. The number of hydrogen-bond donors (Lipinski definition) is 1. The lowest BCUT2D eigenvalue weighted by molar-refractivity contribution is 0.716. The van der Waals surface area contributed by atoms with E-state index in [2.05, 4.69) is 42.6 Å². The molecule has 0 fully saturated rings. The molecule has 1 aromatic carbocycles. The Labute approximate surface area is 80.6 Å². The van der Waals surface area contributed by atoms with Crippen LogP contribution in [0, 0.1) is 0 Å². The molecule has 1 nitrogen and oxygen atoms in total. The zero-order valence-corrected chi connectivity index (χ0v) is 8.23. The van der Waals surface area contributed by atoms with Gasteiger partial charge in [0.25, 0.3) is 0 Å². The number of hydrogen-bond acceptors (Lipinski definition) is 1. The SMILES string of the molecule is CCNCCc1ccccc1.Cl. The molecule has 0 saturated heterocycles. The van der Waals surface area contributed by atoms with Crippen molar-refractivity contribution in [3.63, 3.8) is 0 Å². The molecule has 1 rings (SSSR count). The lowest BCUT2D eigenvalue weighted by Gasteiger charge is -2.00. The summed E-state index contributed by atoms with van der Waals surface area (Å²) in [5.74, 6) is 0. The van der Waals surface area contributed by atoms with Gasteiger partial charge in [-0.15, -0.1) is 12.4 Å². The molecule has 68 valence electrons. The molecule has 0 aromatic heterocycles. The smallest absolute Gasteiger partial charge is 0.000847 e. The van der Waals surface area contributed by atoms with Gasteiger partial charge in [0.2, 0.25) is 0 Å². The van der Waals surface area contributed by atoms with E-state index >= 15 is 0 Å². The average Bonchev–Trinajstić information content (AvgIpc) is 2.07. The summed E-state index contributed by atoms with van der Waals surface area (Å²) in [6.07, 6.45) is 1.13. The fraction of sp³-hybridized carbons (Fsp3) is 0.400. The molecule has 0 radical (unpaired) electrons. The second-order valence-electron chi connectivity index (χ2n) is 2.59. The molecular weight excluding hydrogens is 170 g/mol. The lowest BCUT2D eigenvalue weighted by atomic mass is 10.1. The van der Waals surface area contributed by atoms with E-state index in [-0.39, 0.29) is 12.4 Å². The summed E-state index contributed by atoms with van der Waals surface area (Å²) in [4.78, 5) is 0. The minimum atomic E-state index is 0. The second kappa shape index (κ2) is 7.14. The van der Waals surface area contributed by atoms with Gasteiger partial charge in [-0.1, -0.05) is 37.3 Å². The van der Waals surface area contributed by atoms with E-state index in [1.807, 2.05) is 0 Å². The Bertz CT molecular complexity index is 186. The van der Waals surface area contributed by atoms with Crippen molar-refractivity contribution in [1.82, 2.24) is 5.32 Å². The predicted molar refractivity (Wildman–Crippen MR) is 55.9 cm³/mol. The summed E-state index contributed by atoms with van der Waals surface area (Å²) in [6.45, 7) is 4.28. The summed E-state index contributed by atoms with van der Waals surface area (Å²) < 4.78 is 0. The molecule has 0 saturated carbocycles. The van der Waals surface area contributed by atoms with Crippen molar-refractivity contribution in [2.75, 3.05) is 13.1 Å². The molecule has 0 spiro atoms. The van der Waals surface area contributed by atoms with E-state index in [0.29, 0.717) is 0 Å². The summed E-state index contributed by atoms with van der Waals surface area (Å²) in [6, 6.07) is 10.5. The highest BCUT2D eigenvalue weighted by Gasteiger charge is 1.88. The standard InChI is InChI=1S/C10H15N.ClH/c1-2-11-9-8-10-6-4-3-5-7-10;/h3-7,11H,2,8-9H2,1H3;1H. The molecule has 0 unspecified atom stereocenters. The van der Waals surface area contributed by atoms with Crippen LogP contribution in [0.5, 0.6) is 0 Å². The Kier molecular flexibility index (Phi) is 6.82. The van der Waals surface area contributed by atoms with Crippen LogP contribution in [-0.2, 0) is 6.42 Å². The number of nitrogens with one attached hydrogen (secondary N) is 1. The van der Waals surface area contributed by atoms with Crippen LogP contribution in [0.1, 0.15) is 12.5 Å². The first-order valence-corrected chi connectivity index (χ1v) is 4.18. The maximum atomic E-state index is 3.30. The van der Waals surface area contributed by atoms with Crippen molar-refractivity contribution >= 4 is 12.4 Å². The van der Waals surface area contributed by atoms with Crippen molar-refractivity contribution < 1.29 is 0 Å². The first-order chi connectivity index (χ1) is 5.43. The third-order valence-electron chi connectivity index (χ3n) is 1.68. The molecule has 12 heavy (non-hydrogen) atoms. The maximum Gasteiger partial charge on any atom is -0.000847 e. The van der Waals surface area contributed by atoms with E-state index < -0.39 is 0 Å². The van der Waals surface area contributed by atoms with E-state index in [9.17, 15) is 0 Å². The Morgan fingerprint density at radius 1 is 1.17 bits per heavy atom. The zero-order chi connectivity index (χ0) is 7.94. The molecule has 0 aliphatic carbocycles. The summed E-state index contributed by atoms with van der Waals surface area (Å²) in [5.41, 5.74) is 1.41. The molecule has 1 aromatic rings. The monoisotopic (exact) mass is 185 g/mol. The molecule has 0 atom stereocenters. The Hall–Kier alpha value is -0.530. The third kappa shape index (κ3) is 4.37. The molecule has 0 bridgehead atoms. The van der Waals surface area contributed by atoms with Crippen LogP contribution in [0.3, 0.4) is 0 Å². The van der Waals surface area contributed by atoms with Gasteiger partial charge in [-0.2, -0.15) is 0 Å². The van der Waals surface area contributed by atoms with Crippen molar-refractivity contribution in [3.8, 4) is 0 Å². The first kappa shape index (κ1) is 11.5. The number of likely N-dealkylation sites (N-methyl/N-ethyl adjacent to an activating group) is 1. The van der Waals surface area contributed by atoms with Crippen LogP contribution in [-0.4, -0.2) is 13.1 Å². The topological polar surface area (TPSA) is 12.0 Å². The molecular formula is C10H16ClN. The van der Waals surface area contributed by atoms with Gasteiger partial charge in [-0.25, -0.2) is 0 Å². The molecule has 0 heterocycles. The fourth-order valence-electron chi connectivity index (χ4n) is 1.05. The average molecular weight is 186 g/mol. The molecule has 2 heteroatoms. The van der Waals surface area contributed by atoms with Crippen LogP contribution in [0.2, 0.25) is 0 Å². The Morgan fingerprint density at radius 3 is 2.42 bits per heavy atom. The van der Waals surface area contributed by atoms with E-state index in [4.69, 9.17) is 0 Å². The highest BCUT2D eigenvalue weighted by atomic mass is 35.5. The minimum Gasteiger partial charge on any atom is -0.317 e. The highest BCUT2D eigenvalue weighted by Crippen LogP contribution is 1.97. The predicted octanol–water partition coefficient (Wildman–Crippen LogP) is 2.26. The highest BCUT2D eigenvalue weighted by molar-refractivity contribution is 5.85. The van der Waals surface area contributed by atoms with Gasteiger partial charge in [0.1, 0.15) is 0 Å². The minimum absolute atomic E-state index is 0. The van der Waals surface area contributed by atoms with E-state index in [1.54, 1.807) is 0 Å². The molecule has 0 aliphatic heterocycles. The van der Waals surface area contributed by atoms with Crippen molar-refractivity contribution in [2.24, 2.45) is 0 Å². The van der Waals surface area contributed by atoms with Gasteiger partial charge in [0.05, 0.1) is 0 Å². The summed E-state index contributed by atoms with van der Waals surface area (Å²) >= 11 is 0. The van der Waals surface area contributed by atoms with Gasteiger partial charge in [0, 0.05) is 0 Å². The van der Waals surface area contributed by atoms with Crippen LogP contribution in [0.25, 0.3) is 0 Å². The lowest BCUT2D eigenvalue weighted by Crippen LogP contribution is -2.15. The number of rotatable bonds is 4. The van der Waals surface area contributed by atoms with Crippen molar-refractivity contribution in [2.45, 2.75) is 13.3 Å². The van der Waals surface area contributed by atoms with Crippen LogP contribution in [0.4, 0.5) is 0 Å². The zero-order valence-electron chi connectivity index (χ0n) is 7.42. The second-order valence-corrected chi connectivity index (χ2v) is 2.59. The normalized spacial score (nSPS) is 9.08. The van der Waals surface area contributed by atoms with Gasteiger partial charge in [-0.05, 0) is 25.1 Å².